The lowest BCUT2D eigenvalue weighted by Gasteiger charge is -2.48. The van der Waals surface area contributed by atoms with Gasteiger partial charge in [0.2, 0.25) is 0 Å². The molecule has 21 heavy (non-hydrogen) atoms. The van der Waals surface area contributed by atoms with Crippen LogP contribution in [0.3, 0.4) is 0 Å². The van der Waals surface area contributed by atoms with E-state index in [-0.39, 0.29) is 0 Å². The summed E-state index contributed by atoms with van der Waals surface area (Å²) >= 11 is 0. The van der Waals surface area contributed by atoms with Crippen molar-refractivity contribution in [3.63, 3.8) is 0 Å². The van der Waals surface area contributed by atoms with Crippen LogP contribution in [0.15, 0.2) is 24.3 Å². The predicted molar refractivity (Wildman–Crippen MR) is 84.9 cm³/mol. The van der Waals surface area contributed by atoms with Gasteiger partial charge in [0.05, 0.1) is 6.61 Å². The Balaban J connectivity index is 1.55. The van der Waals surface area contributed by atoms with E-state index in [4.69, 9.17) is 4.74 Å². The Morgan fingerprint density at radius 1 is 1.29 bits per heavy atom. The minimum absolute atomic E-state index is 0.421. The molecule has 1 aliphatic carbocycles. The van der Waals surface area contributed by atoms with E-state index in [2.05, 4.69) is 41.4 Å². The molecule has 1 aromatic carbocycles. The van der Waals surface area contributed by atoms with E-state index in [1.54, 1.807) is 0 Å². The highest BCUT2D eigenvalue weighted by molar-refractivity contribution is 5.39. The highest BCUT2D eigenvalue weighted by Gasteiger charge is 2.44. The van der Waals surface area contributed by atoms with E-state index < -0.39 is 0 Å². The third-order valence-electron chi connectivity index (χ3n) is 5.72. The van der Waals surface area contributed by atoms with Gasteiger partial charge in [0, 0.05) is 42.7 Å². The molecule has 3 heteroatoms. The first-order valence-electron chi connectivity index (χ1n) is 8.47. The van der Waals surface area contributed by atoms with Crippen LogP contribution in [0.5, 0.6) is 5.75 Å². The first kappa shape index (κ1) is 13.6. The largest absolute Gasteiger partial charge is 0.493 e. The molecular weight excluding hydrogens is 260 g/mol. The summed E-state index contributed by atoms with van der Waals surface area (Å²) in [5, 5.41) is 3.72. The molecule has 1 saturated heterocycles. The summed E-state index contributed by atoms with van der Waals surface area (Å²) < 4.78 is 5.89. The number of nitrogens with zero attached hydrogens (tertiary/aromatic N) is 1. The van der Waals surface area contributed by atoms with E-state index >= 15 is 0 Å². The highest BCUT2D eigenvalue weighted by atomic mass is 16.5. The molecule has 1 N–H and O–H groups in total. The molecular formula is C18H26N2O. The van der Waals surface area contributed by atoms with Crippen molar-refractivity contribution in [1.29, 1.82) is 0 Å². The van der Waals surface area contributed by atoms with Crippen LogP contribution >= 0.6 is 0 Å². The fourth-order valence-electron chi connectivity index (χ4n) is 4.51. The van der Waals surface area contributed by atoms with Crippen LogP contribution in [0.1, 0.15) is 44.1 Å². The second-order valence-electron chi connectivity index (χ2n) is 7.16. The monoisotopic (exact) mass is 286 g/mol. The number of benzene rings is 1. The zero-order valence-electron chi connectivity index (χ0n) is 13.0. The summed E-state index contributed by atoms with van der Waals surface area (Å²) in [5.74, 6) is 1.65. The number of para-hydroxylation sites is 1. The van der Waals surface area contributed by atoms with E-state index in [1.165, 1.54) is 44.3 Å². The number of piperazine rings is 1. The van der Waals surface area contributed by atoms with E-state index in [9.17, 15) is 0 Å². The summed E-state index contributed by atoms with van der Waals surface area (Å²) in [5.41, 5.74) is 1.83. The molecule has 0 bridgehead atoms. The summed E-state index contributed by atoms with van der Waals surface area (Å²) in [7, 11) is 0. The maximum Gasteiger partial charge on any atom is 0.122 e. The van der Waals surface area contributed by atoms with Crippen LogP contribution < -0.4 is 10.1 Å². The van der Waals surface area contributed by atoms with Crippen molar-refractivity contribution in [2.24, 2.45) is 0 Å². The Hall–Kier alpha value is -1.06. The van der Waals surface area contributed by atoms with Gasteiger partial charge in [-0.05, 0) is 25.8 Å². The molecule has 1 saturated carbocycles. The second-order valence-corrected chi connectivity index (χ2v) is 7.16. The summed E-state index contributed by atoms with van der Waals surface area (Å²) in [4.78, 5) is 2.79. The average molecular weight is 286 g/mol. The minimum Gasteiger partial charge on any atom is -0.493 e. The van der Waals surface area contributed by atoms with Crippen molar-refractivity contribution < 1.29 is 4.74 Å². The number of hydrogen-bond acceptors (Lipinski definition) is 3. The fraction of sp³-hybridized carbons (Fsp3) is 0.667. The van der Waals surface area contributed by atoms with Crippen molar-refractivity contribution >= 4 is 0 Å². The van der Waals surface area contributed by atoms with Crippen LogP contribution in [0.4, 0.5) is 0 Å². The van der Waals surface area contributed by atoms with Crippen LogP contribution in [0, 0.1) is 0 Å². The molecule has 3 aliphatic rings. The van der Waals surface area contributed by atoms with Crippen molar-refractivity contribution in [1.82, 2.24) is 10.2 Å². The molecule has 1 spiro atoms. The fourth-order valence-corrected chi connectivity index (χ4v) is 4.51. The Morgan fingerprint density at radius 2 is 2.10 bits per heavy atom. The molecule has 1 aromatic rings. The Labute approximate surface area is 127 Å². The van der Waals surface area contributed by atoms with Crippen molar-refractivity contribution in [2.45, 2.75) is 50.1 Å². The Morgan fingerprint density at radius 3 is 2.95 bits per heavy atom. The summed E-state index contributed by atoms with van der Waals surface area (Å²) in [6.07, 6.45) is 5.51. The summed E-state index contributed by atoms with van der Waals surface area (Å²) in [6.45, 7) is 6.67. The standard InChI is InChI=1S/C18H26N2O/c1-14-10-20(18(13-19-14)8-4-5-9-18)11-15-12-21-17-7-3-2-6-16(15)17/h2-3,6-7,14-15,19H,4-5,8-13H2,1H3. The average Bonchev–Trinajstić information content (AvgIpc) is 3.12. The van der Waals surface area contributed by atoms with Gasteiger partial charge in [-0.2, -0.15) is 0 Å². The van der Waals surface area contributed by atoms with Crippen molar-refractivity contribution in [3.05, 3.63) is 29.8 Å². The molecule has 2 aliphatic heterocycles. The predicted octanol–water partition coefficient (Wildman–Crippen LogP) is 2.77. The van der Waals surface area contributed by atoms with Crippen LogP contribution in [-0.2, 0) is 0 Å². The minimum atomic E-state index is 0.421. The maximum atomic E-state index is 5.89. The van der Waals surface area contributed by atoms with Gasteiger partial charge in [-0.15, -0.1) is 0 Å². The normalized spacial score (nSPS) is 31.3. The molecule has 2 fully saturated rings. The van der Waals surface area contributed by atoms with Gasteiger partial charge in [-0.25, -0.2) is 0 Å². The first-order valence-corrected chi connectivity index (χ1v) is 8.47. The van der Waals surface area contributed by atoms with Gasteiger partial charge in [0.25, 0.3) is 0 Å². The van der Waals surface area contributed by atoms with Crippen molar-refractivity contribution in [3.8, 4) is 5.75 Å². The molecule has 4 rings (SSSR count). The van der Waals surface area contributed by atoms with Gasteiger partial charge in [-0.3, -0.25) is 4.90 Å². The van der Waals surface area contributed by atoms with Gasteiger partial charge in [0.15, 0.2) is 0 Å². The zero-order chi connectivity index (χ0) is 14.3. The lowest BCUT2D eigenvalue weighted by molar-refractivity contribution is 0.0390. The molecule has 3 nitrogen and oxygen atoms in total. The van der Waals surface area contributed by atoms with Gasteiger partial charge in [0.1, 0.15) is 5.75 Å². The first-order chi connectivity index (χ1) is 10.3. The van der Waals surface area contributed by atoms with Crippen LogP contribution in [0.25, 0.3) is 0 Å². The lowest BCUT2D eigenvalue weighted by Crippen LogP contribution is -2.63. The third-order valence-corrected chi connectivity index (χ3v) is 5.72. The molecule has 0 radical (unpaired) electrons. The quantitative estimate of drug-likeness (QED) is 0.905. The smallest absolute Gasteiger partial charge is 0.122 e. The Kier molecular flexibility index (Phi) is 3.43. The topological polar surface area (TPSA) is 24.5 Å². The Bertz CT molecular complexity index is 510. The number of hydrogen-bond donors (Lipinski definition) is 1. The molecule has 2 atom stereocenters. The SMILES string of the molecule is CC1CN(CC2COc3ccccc32)C2(CCCC2)CN1. The number of rotatable bonds is 2. The number of fused-ring (bicyclic) bond motifs is 1. The lowest BCUT2D eigenvalue weighted by atomic mass is 9.89. The number of ether oxygens (including phenoxy) is 1. The summed E-state index contributed by atoms with van der Waals surface area (Å²) in [6, 6.07) is 9.19. The molecule has 0 amide bonds. The molecule has 2 heterocycles. The molecule has 2 unspecified atom stereocenters. The molecule has 114 valence electrons. The van der Waals surface area contributed by atoms with E-state index in [0.29, 0.717) is 17.5 Å². The van der Waals surface area contributed by atoms with Crippen LogP contribution in [0.2, 0.25) is 0 Å². The molecule has 0 aromatic heterocycles. The highest BCUT2D eigenvalue weighted by Crippen LogP contribution is 2.40. The zero-order valence-corrected chi connectivity index (χ0v) is 13.0. The van der Waals surface area contributed by atoms with Crippen LogP contribution in [-0.4, -0.2) is 42.7 Å². The van der Waals surface area contributed by atoms with E-state index in [1.807, 2.05) is 0 Å². The maximum absolute atomic E-state index is 5.89. The van der Waals surface area contributed by atoms with Gasteiger partial charge in [-0.1, -0.05) is 31.0 Å². The van der Waals surface area contributed by atoms with Gasteiger partial charge < -0.3 is 10.1 Å². The number of nitrogens with one attached hydrogen (secondary N) is 1. The van der Waals surface area contributed by atoms with E-state index in [0.717, 1.165) is 18.9 Å². The second kappa shape index (κ2) is 5.29. The third kappa shape index (κ3) is 2.36. The van der Waals surface area contributed by atoms with Crippen molar-refractivity contribution in [2.75, 3.05) is 26.2 Å². The van der Waals surface area contributed by atoms with Gasteiger partial charge >= 0.3 is 0 Å².